The predicted octanol–water partition coefficient (Wildman–Crippen LogP) is 5.23. The van der Waals surface area contributed by atoms with Crippen LogP contribution in [0, 0.1) is 5.82 Å². The zero-order valence-corrected chi connectivity index (χ0v) is 15.8. The highest BCUT2D eigenvalue weighted by Crippen LogP contribution is 2.34. The van der Waals surface area contributed by atoms with E-state index in [0.717, 1.165) is 5.56 Å². The van der Waals surface area contributed by atoms with Crippen molar-refractivity contribution in [3.63, 3.8) is 0 Å². The Bertz CT molecular complexity index is 897. The second kappa shape index (κ2) is 7.64. The van der Waals surface area contributed by atoms with Gasteiger partial charge in [0.1, 0.15) is 11.6 Å². The van der Waals surface area contributed by atoms with Crippen LogP contribution in [0.5, 0.6) is 5.75 Å². The molecule has 130 valence electrons. The molecule has 0 saturated carbocycles. The van der Waals surface area contributed by atoms with Gasteiger partial charge in [-0.05, 0) is 30.3 Å². The summed E-state index contributed by atoms with van der Waals surface area (Å²) in [5.74, 6) is 1.28. The van der Waals surface area contributed by atoms with Crippen molar-refractivity contribution in [2.75, 3.05) is 7.11 Å². The van der Waals surface area contributed by atoms with E-state index in [1.54, 1.807) is 37.4 Å². The Balaban J connectivity index is 1.88. The Hall–Kier alpha value is -1.76. The quantitative estimate of drug-likeness (QED) is 0.552. The molecule has 0 fully saturated rings. The van der Waals surface area contributed by atoms with Gasteiger partial charge in [0, 0.05) is 28.4 Å². The van der Waals surface area contributed by atoms with E-state index in [-0.39, 0.29) is 5.82 Å². The fourth-order valence-electron chi connectivity index (χ4n) is 2.34. The van der Waals surface area contributed by atoms with Crippen LogP contribution in [0.4, 0.5) is 4.39 Å². The maximum atomic E-state index is 13.9. The number of benzene rings is 2. The number of halogens is 3. The summed E-state index contributed by atoms with van der Waals surface area (Å²) in [5.41, 5.74) is 1.18. The van der Waals surface area contributed by atoms with E-state index in [9.17, 15) is 4.39 Å². The molecule has 3 aromatic rings. The molecule has 0 radical (unpaired) electrons. The summed E-state index contributed by atoms with van der Waals surface area (Å²) in [5, 5.41) is 10.0. The number of methoxy groups -OCH3 is 1. The van der Waals surface area contributed by atoms with E-state index in [1.807, 2.05) is 11.6 Å². The molecule has 2 aromatic carbocycles. The normalized spacial score (nSPS) is 10.9. The summed E-state index contributed by atoms with van der Waals surface area (Å²) in [6, 6.07) is 9.93. The van der Waals surface area contributed by atoms with Crippen LogP contribution in [0.1, 0.15) is 5.56 Å². The maximum Gasteiger partial charge on any atom is 0.191 e. The smallest absolute Gasteiger partial charge is 0.191 e. The number of rotatable bonds is 5. The minimum atomic E-state index is -0.334. The molecule has 1 aromatic heterocycles. The molecule has 4 nitrogen and oxygen atoms in total. The second-order valence-electron chi connectivity index (χ2n) is 5.20. The number of hydrogen-bond acceptors (Lipinski definition) is 4. The third-order valence-corrected chi connectivity index (χ3v) is 5.28. The Morgan fingerprint density at radius 3 is 2.72 bits per heavy atom. The third-order valence-electron chi connectivity index (χ3n) is 3.64. The molecule has 3 rings (SSSR count). The third kappa shape index (κ3) is 3.76. The molecule has 0 amide bonds. The summed E-state index contributed by atoms with van der Waals surface area (Å²) in [6.07, 6.45) is 0. The van der Waals surface area contributed by atoms with Crippen LogP contribution in [-0.4, -0.2) is 21.9 Å². The number of aromatic nitrogens is 3. The van der Waals surface area contributed by atoms with Gasteiger partial charge in [-0.3, -0.25) is 0 Å². The minimum Gasteiger partial charge on any atom is -0.496 e. The number of ether oxygens (including phenoxy) is 1. The van der Waals surface area contributed by atoms with Gasteiger partial charge >= 0.3 is 0 Å². The fraction of sp³-hybridized carbons (Fsp3) is 0.176. The van der Waals surface area contributed by atoms with Crippen LogP contribution >= 0.6 is 35.0 Å². The lowest BCUT2D eigenvalue weighted by molar-refractivity contribution is 0.416. The summed E-state index contributed by atoms with van der Waals surface area (Å²) in [6.45, 7) is 0. The second-order valence-corrected chi connectivity index (χ2v) is 6.98. The highest BCUT2D eigenvalue weighted by atomic mass is 35.5. The minimum absolute atomic E-state index is 0.334. The lowest BCUT2D eigenvalue weighted by atomic mass is 10.2. The van der Waals surface area contributed by atoms with Gasteiger partial charge < -0.3 is 9.30 Å². The molecule has 0 unspecified atom stereocenters. The van der Waals surface area contributed by atoms with Crippen molar-refractivity contribution >= 4 is 35.0 Å². The first-order chi connectivity index (χ1) is 12.0. The van der Waals surface area contributed by atoms with Crippen LogP contribution in [0.2, 0.25) is 10.0 Å². The summed E-state index contributed by atoms with van der Waals surface area (Å²) in [7, 11) is 3.42. The average molecular weight is 398 g/mol. The Morgan fingerprint density at radius 2 is 2.00 bits per heavy atom. The van der Waals surface area contributed by atoms with Gasteiger partial charge in [-0.1, -0.05) is 41.0 Å². The maximum absolute atomic E-state index is 13.9. The van der Waals surface area contributed by atoms with Gasteiger partial charge in [0.15, 0.2) is 11.0 Å². The highest BCUT2D eigenvalue weighted by molar-refractivity contribution is 7.98. The van der Waals surface area contributed by atoms with Gasteiger partial charge in [-0.15, -0.1) is 10.2 Å². The van der Waals surface area contributed by atoms with Crippen molar-refractivity contribution in [1.82, 2.24) is 14.8 Å². The zero-order valence-electron chi connectivity index (χ0n) is 13.5. The largest absolute Gasteiger partial charge is 0.496 e. The Labute approximate surface area is 158 Å². The molecule has 0 atom stereocenters. The monoisotopic (exact) mass is 397 g/mol. The van der Waals surface area contributed by atoms with Crippen molar-refractivity contribution < 1.29 is 9.13 Å². The molecule has 1 heterocycles. The summed E-state index contributed by atoms with van der Waals surface area (Å²) >= 11 is 13.5. The van der Waals surface area contributed by atoms with Gasteiger partial charge in [0.2, 0.25) is 0 Å². The van der Waals surface area contributed by atoms with Crippen molar-refractivity contribution in [2.24, 2.45) is 7.05 Å². The zero-order chi connectivity index (χ0) is 18.0. The van der Waals surface area contributed by atoms with Crippen molar-refractivity contribution in [1.29, 1.82) is 0 Å². The molecular formula is C17H14Cl2FN3OS. The van der Waals surface area contributed by atoms with Crippen LogP contribution in [-0.2, 0) is 12.8 Å². The fourth-order valence-corrected chi connectivity index (χ4v) is 3.76. The number of hydrogen-bond donors (Lipinski definition) is 0. The Kier molecular flexibility index (Phi) is 5.51. The predicted molar refractivity (Wildman–Crippen MR) is 99.0 cm³/mol. The molecule has 25 heavy (non-hydrogen) atoms. The van der Waals surface area contributed by atoms with E-state index >= 15 is 0 Å². The Morgan fingerprint density at radius 1 is 1.20 bits per heavy atom. The molecule has 0 aliphatic heterocycles. The van der Waals surface area contributed by atoms with E-state index < -0.39 is 0 Å². The molecule has 0 N–H and O–H groups in total. The number of thioether (sulfide) groups is 1. The van der Waals surface area contributed by atoms with Gasteiger partial charge in [0.05, 0.1) is 12.7 Å². The molecule has 0 aliphatic rings. The topological polar surface area (TPSA) is 39.9 Å². The van der Waals surface area contributed by atoms with E-state index in [4.69, 9.17) is 27.9 Å². The van der Waals surface area contributed by atoms with Crippen LogP contribution in [0.25, 0.3) is 11.4 Å². The number of nitrogens with zero attached hydrogens (tertiary/aromatic N) is 3. The van der Waals surface area contributed by atoms with E-state index in [0.29, 0.717) is 38.1 Å². The molecule has 0 bridgehead atoms. The van der Waals surface area contributed by atoms with Crippen molar-refractivity contribution in [2.45, 2.75) is 10.9 Å². The van der Waals surface area contributed by atoms with Crippen molar-refractivity contribution in [3.8, 4) is 17.1 Å². The highest BCUT2D eigenvalue weighted by Gasteiger charge is 2.17. The van der Waals surface area contributed by atoms with Crippen LogP contribution in [0.15, 0.2) is 41.6 Å². The average Bonchev–Trinajstić information content (AvgIpc) is 2.95. The summed E-state index contributed by atoms with van der Waals surface area (Å²) < 4.78 is 21.1. The molecular weight excluding hydrogens is 384 g/mol. The lowest BCUT2D eigenvalue weighted by Gasteiger charge is -2.09. The SMILES string of the molecule is COc1ccc(Cl)cc1-c1nnc(SCc2c(F)cccc2Cl)n1C. The molecule has 0 aliphatic carbocycles. The molecule has 8 heteroatoms. The first kappa shape index (κ1) is 18.0. The van der Waals surface area contributed by atoms with Gasteiger partial charge in [-0.25, -0.2) is 4.39 Å². The standard InChI is InChI=1S/C17H14Cl2FN3OS/c1-23-16(11-8-10(18)6-7-15(11)24-2)21-22-17(23)25-9-12-13(19)4-3-5-14(12)20/h3-8H,9H2,1-2H3. The first-order valence-electron chi connectivity index (χ1n) is 7.30. The van der Waals surface area contributed by atoms with Crippen molar-refractivity contribution in [3.05, 3.63) is 57.8 Å². The van der Waals surface area contributed by atoms with Gasteiger partial charge in [-0.2, -0.15) is 0 Å². The molecule has 0 spiro atoms. The lowest BCUT2D eigenvalue weighted by Crippen LogP contribution is -1.98. The van der Waals surface area contributed by atoms with E-state index in [2.05, 4.69) is 10.2 Å². The first-order valence-corrected chi connectivity index (χ1v) is 9.04. The van der Waals surface area contributed by atoms with Crippen LogP contribution < -0.4 is 4.74 Å². The summed E-state index contributed by atoms with van der Waals surface area (Å²) in [4.78, 5) is 0. The van der Waals surface area contributed by atoms with Gasteiger partial charge in [0.25, 0.3) is 0 Å². The molecule has 0 saturated heterocycles. The van der Waals surface area contributed by atoms with Crippen LogP contribution in [0.3, 0.4) is 0 Å². The van der Waals surface area contributed by atoms with E-state index in [1.165, 1.54) is 17.8 Å².